The van der Waals surface area contributed by atoms with Gasteiger partial charge >= 0.3 is 6.11 Å². The van der Waals surface area contributed by atoms with Gasteiger partial charge in [-0.1, -0.05) is 0 Å². The Morgan fingerprint density at radius 1 is 0.730 bits per heavy atom. The Kier molecular flexibility index (Phi) is 7.31. The van der Waals surface area contributed by atoms with E-state index in [-0.39, 0.29) is 45.0 Å². The topological polar surface area (TPSA) is 18.5 Å². The molecule has 1 aromatic heterocycles. The zero-order valence-electron chi connectivity index (χ0n) is 18.7. The zero-order valence-corrected chi connectivity index (χ0v) is 19.5. The molecular weight excluding hydrogens is 535 g/mol. The maximum Gasteiger partial charge on any atom is 0.398 e. The Morgan fingerprint density at radius 3 is 1.92 bits per heavy atom. The summed E-state index contributed by atoms with van der Waals surface area (Å²) in [7, 11) is 0. The molecule has 4 rings (SSSR count). The molecule has 2 nitrogen and oxygen atoms in total. The fourth-order valence-corrected chi connectivity index (χ4v) is 4.72. The summed E-state index contributed by atoms with van der Waals surface area (Å²) in [4.78, 5) is -0.277. The van der Waals surface area contributed by atoms with E-state index in [0.717, 1.165) is 29.5 Å². The van der Waals surface area contributed by atoms with Crippen LogP contribution in [0.25, 0.3) is 20.5 Å². The van der Waals surface area contributed by atoms with Crippen molar-refractivity contribution in [3.05, 3.63) is 82.7 Å². The first-order valence-corrected chi connectivity index (χ1v) is 11.5. The Balaban J connectivity index is 1.58. The summed E-state index contributed by atoms with van der Waals surface area (Å²) in [5.41, 5.74) is -1.06. The number of hydrogen-bond donors (Lipinski definition) is 0. The molecule has 0 saturated heterocycles. The standard InChI is InChI=1S/C25H15F9O2S/c1-2-35-12-7-17(28)21-20(10-12)37-24(23(21)32)11-5-15(26)14(16(27)6-11)3-4-25(33,34)36-13-8-18(29)22(31)19(30)9-13/h5-10H,2-4H2,1H3. The van der Waals surface area contributed by atoms with Crippen LogP contribution in [0.2, 0.25) is 0 Å². The van der Waals surface area contributed by atoms with E-state index in [2.05, 4.69) is 4.74 Å². The molecule has 0 aliphatic rings. The number of benzene rings is 3. The normalized spacial score (nSPS) is 11.8. The first kappa shape index (κ1) is 26.6. The Labute approximate surface area is 207 Å². The van der Waals surface area contributed by atoms with Crippen molar-refractivity contribution in [3.8, 4) is 21.9 Å². The fraction of sp³-hybridized carbons (Fsp3) is 0.200. The van der Waals surface area contributed by atoms with Crippen molar-refractivity contribution < 1.29 is 49.0 Å². The molecule has 12 heteroatoms. The summed E-state index contributed by atoms with van der Waals surface area (Å²) < 4.78 is 136. The van der Waals surface area contributed by atoms with Gasteiger partial charge in [-0.2, -0.15) is 8.78 Å². The van der Waals surface area contributed by atoms with E-state index in [1.807, 2.05) is 0 Å². The number of fused-ring (bicyclic) bond motifs is 1. The Hall–Kier alpha value is -3.41. The van der Waals surface area contributed by atoms with Crippen LogP contribution < -0.4 is 9.47 Å². The van der Waals surface area contributed by atoms with E-state index in [1.165, 1.54) is 6.07 Å². The summed E-state index contributed by atoms with van der Waals surface area (Å²) >= 11 is 0.720. The van der Waals surface area contributed by atoms with Crippen LogP contribution in [0.15, 0.2) is 36.4 Å². The third-order valence-corrected chi connectivity index (χ3v) is 6.42. The molecule has 37 heavy (non-hydrogen) atoms. The number of rotatable bonds is 8. The maximum atomic E-state index is 14.9. The highest BCUT2D eigenvalue weighted by Gasteiger charge is 2.33. The van der Waals surface area contributed by atoms with Gasteiger partial charge in [-0.25, -0.2) is 30.7 Å². The second-order valence-electron chi connectivity index (χ2n) is 7.82. The van der Waals surface area contributed by atoms with E-state index in [0.29, 0.717) is 0 Å². The lowest BCUT2D eigenvalue weighted by atomic mass is 10.0. The van der Waals surface area contributed by atoms with Gasteiger partial charge in [-0.05, 0) is 31.5 Å². The molecule has 0 atom stereocenters. The molecule has 0 spiro atoms. The smallest absolute Gasteiger partial charge is 0.398 e. The SMILES string of the molecule is CCOc1cc(F)c2c(F)c(-c3cc(F)c(CCC(F)(F)Oc4cc(F)c(F)c(F)c4)c(F)c3)sc2c1. The van der Waals surface area contributed by atoms with Gasteiger partial charge in [-0.3, -0.25) is 0 Å². The molecule has 196 valence electrons. The van der Waals surface area contributed by atoms with E-state index >= 15 is 0 Å². The van der Waals surface area contributed by atoms with Gasteiger partial charge in [0.2, 0.25) is 0 Å². The molecule has 3 aromatic carbocycles. The first-order valence-electron chi connectivity index (χ1n) is 10.6. The lowest BCUT2D eigenvalue weighted by molar-refractivity contribution is -0.180. The maximum absolute atomic E-state index is 14.9. The van der Waals surface area contributed by atoms with Gasteiger partial charge in [0, 0.05) is 34.0 Å². The van der Waals surface area contributed by atoms with Gasteiger partial charge in [0.25, 0.3) is 0 Å². The van der Waals surface area contributed by atoms with Gasteiger partial charge in [0.1, 0.15) is 29.0 Å². The molecule has 0 N–H and O–H groups in total. The van der Waals surface area contributed by atoms with Crippen LogP contribution in [0.4, 0.5) is 39.5 Å². The van der Waals surface area contributed by atoms with E-state index in [1.54, 1.807) is 6.92 Å². The highest BCUT2D eigenvalue weighted by molar-refractivity contribution is 7.22. The minimum Gasteiger partial charge on any atom is -0.494 e. The number of alkyl halides is 2. The average Bonchev–Trinajstić information content (AvgIpc) is 3.13. The van der Waals surface area contributed by atoms with Crippen molar-refractivity contribution in [2.75, 3.05) is 6.61 Å². The summed E-state index contributed by atoms with van der Waals surface area (Å²) in [5.74, 6) is -10.8. The van der Waals surface area contributed by atoms with E-state index in [9.17, 15) is 39.5 Å². The molecule has 0 bridgehead atoms. The summed E-state index contributed by atoms with van der Waals surface area (Å²) in [5, 5.41) is -0.390. The summed E-state index contributed by atoms with van der Waals surface area (Å²) in [6.45, 7) is 1.89. The van der Waals surface area contributed by atoms with Crippen molar-refractivity contribution in [2.45, 2.75) is 25.9 Å². The third-order valence-electron chi connectivity index (χ3n) is 5.26. The Bertz CT molecular complexity index is 1440. The van der Waals surface area contributed by atoms with Gasteiger partial charge < -0.3 is 9.47 Å². The zero-order chi connectivity index (χ0) is 27.1. The molecule has 0 aliphatic carbocycles. The van der Waals surface area contributed by atoms with Crippen LogP contribution in [0.1, 0.15) is 18.9 Å². The molecule has 0 fully saturated rings. The monoisotopic (exact) mass is 550 g/mol. The van der Waals surface area contributed by atoms with Crippen LogP contribution in [-0.4, -0.2) is 12.7 Å². The molecule has 0 amide bonds. The molecular formula is C25H15F9O2S. The van der Waals surface area contributed by atoms with Crippen molar-refractivity contribution in [1.82, 2.24) is 0 Å². The second-order valence-corrected chi connectivity index (χ2v) is 8.87. The van der Waals surface area contributed by atoms with Gasteiger partial charge in [0.05, 0.1) is 23.3 Å². The Morgan fingerprint density at radius 2 is 1.32 bits per heavy atom. The highest BCUT2D eigenvalue weighted by atomic mass is 32.1. The molecule has 1 heterocycles. The molecule has 4 aromatic rings. The number of halogens is 9. The van der Waals surface area contributed by atoms with Crippen molar-refractivity contribution in [3.63, 3.8) is 0 Å². The quantitative estimate of drug-likeness (QED) is 0.162. The second kappa shape index (κ2) is 10.2. The van der Waals surface area contributed by atoms with Crippen LogP contribution in [0, 0.1) is 40.7 Å². The first-order chi connectivity index (χ1) is 17.4. The minimum atomic E-state index is -4.14. The summed E-state index contributed by atoms with van der Waals surface area (Å²) in [6.07, 6.45) is -6.37. The van der Waals surface area contributed by atoms with Gasteiger partial charge in [-0.15, -0.1) is 11.3 Å². The van der Waals surface area contributed by atoms with Crippen LogP contribution >= 0.6 is 11.3 Å². The van der Waals surface area contributed by atoms with Gasteiger partial charge in [0.15, 0.2) is 23.3 Å². The third kappa shape index (κ3) is 5.48. The molecule has 0 unspecified atom stereocenters. The summed E-state index contributed by atoms with van der Waals surface area (Å²) in [6, 6.07) is 4.19. The molecule has 0 aliphatic heterocycles. The number of hydrogen-bond acceptors (Lipinski definition) is 3. The molecule has 0 radical (unpaired) electrons. The minimum absolute atomic E-state index is 0.131. The number of thiophene rings is 1. The predicted octanol–water partition coefficient (Wildman–Crippen LogP) is 8.55. The largest absolute Gasteiger partial charge is 0.494 e. The van der Waals surface area contributed by atoms with Crippen molar-refractivity contribution in [2.24, 2.45) is 0 Å². The van der Waals surface area contributed by atoms with Crippen LogP contribution in [0.3, 0.4) is 0 Å². The highest BCUT2D eigenvalue weighted by Crippen LogP contribution is 2.41. The fourth-order valence-electron chi connectivity index (χ4n) is 3.61. The van der Waals surface area contributed by atoms with Crippen molar-refractivity contribution in [1.29, 1.82) is 0 Å². The van der Waals surface area contributed by atoms with Crippen LogP contribution in [0.5, 0.6) is 11.5 Å². The lowest BCUT2D eigenvalue weighted by Gasteiger charge is -2.18. The molecule has 0 saturated carbocycles. The van der Waals surface area contributed by atoms with Crippen molar-refractivity contribution >= 4 is 21.4 Å². The predicted molar refractivity (Wildman–Crippen MR) is 118 cm³/mol. The van der Waals surface area contributed by atoms with Crippen LogP contribution in [-0.2, 0) is 6.42 Å². The van der Waals surface area contributed by atoms with E-state index < -0.39 is 71.0 Å². The van der Waals surface area contributed by atoms with E-state index in [4.69, 9.17) is 4.74 Å². The number of ether oxygens (including phenoxy) is 2. The average molecular weight is 550 g/mol. The lowest BCUT2D eigenvalue weighted by Crippen LogP contribution is -2.26.